The van der Waals surface area contributed by atoms with Gasteiger partial charge in [-0.3, -0.25) is 0 Å². The van der Waals surface area contributed by atoms with Crippen LogP contribution < -0.4 is 10.2 Å². The molecule has 1 atom stereocenters. The van der Waals surface area contributed by atoms with Gasteiger partial charge in [0.15, 0.2) is 0 Å². The molecule has 86 valence electrons. The molecule has 1 aliphatic rings. The van der Waals surface area contributed by atoms with E-state index in [-0.39, 0.29) is 6.04 Å². The highest BCUT2D eigenvalue weighted by Crippen LogP contribution is 2.33. The predicted octanol–water partition coefficient (Wildman–Crippen LogP) is 2.03. The van der Waals surface area contributed by atoms with Crippen LogP contribution in [-0.4, -0.2) is 30.2 Å². The molecule has 0 radical (unpaired) electrons. The van der Waals surface area contributed by atoms with Crippen molar-refractivity contribution < 1.29 is 9.90 Å². The highest BCUT2D eigenvalue weighted by Gasteiger charge is 2.24. The normalized spacial score (nSPS) is 18.9. The Hall–Kier alpha value is -1.71. The second kappa shape index (κ2) is 4.04. The summed E-state index contributed by atoms with van der Waals surface area (Å²) in [5, 5.41) is 12.4. The molecular weight excluding hydrogens is 204 g/mol. The first-order valence-electron chi connectivity index (χ1n) is 5.51. The molecule has 0 aromatic heterocycles. The van der Waals surface area contributed by atoms with Gasteiger partial charge in [0.2, 0.25) is 0 Å². The van der Waals surface area contributed by atoms with E-state index in [0.29, 0.717) is 5.56 Å². The standard InChI is InChI=1S/C12H16N2O2/c1-3-14-7-8(2)13-11-9(12(15)16)5-4-6-10(11)14/h4-6,8,13H,3,7H2,1-2H3,(H,15,16). The van der Waals surface area contributed by atoms with Crippen molar-refractivity contribution in [3.8, 4) is 0 Å². The Morgan fingerprint density at radius 2 is 2.38 bits per heavy atom. The van der Waals surface area contributed by atoms with Gasteiger partial charge in [-0.1, -0.05) is 6.07 Å². The molecule has 0 aliphatic carbocycles. The van der Waals surface area contributed by atoms with E-state index >= 15 is 0 Å². The van der Waals surface area contributed by atoms with Gasteiger partial charge in [0.05, 0.1) is 16.9 Å². The van der Waals surface area contributed by atoms with Gasteiger partial charge in [0.25, 0.3) is 0 Å². The molecule has 0 fully saturated rings. The summed E-state index contributed by atoms with van der Waals surface area (Å²) in [4.78, 5) is 13.3. The molecule has 4 heteroatoms. The first-order valence-corrected chi connectivity index (χ1v) is 5.51. The topological polar surface area (TPSA) is 52.6 Å². The Balaban J connectivity index is 2.52. The largest absolute Gasteiger partial charge is 0.478 e. The lowest BCUT2D eigenvalue weighted by molar-refractivity contribution is 0.0698. The molecule has 0 amide bonds. The Bertz CT molecular complexity index is 417. The summed E-state index contributed by atoms with van der Waals surface area (Å²) >= 11 is 0. The predicted molar refractivity (Wildman–Crippen MR) is 64.4 cm³/mol. The summed E-state index contributed by atoms with van der Waals surface area (Å²) in [6, 6.07) is 5.67. The van der Waals surface area contributed by atoms with E-state index in [1.807, 2.05) is 6.07 Å². The van der Waals surface area contributed by atoms with Gasteiger partial charge < -0.3 is 15.3 Å². The van der Waals surface area contributed by atoms with Gasteiger partial charge >= 0.3 is 5.97 Å². The van der Waals surface area contributed by atoms with Crippen LogP contribution >= 0.6 is 0 Å². The summed E-state index contributed by atoms with van der Waals surface area (Å²) in [5.41, 5.74) is 2.08. The second-order valence-corrected chi connectivity index (χ2v) is 4.09. The van der Waals surface area contributed by atoms with Crippen molar-refractivity contribution >= 4 is 17.3 Å². The Kier molecular flexibility index (Phi) is 2.73. The first-order chi connectivity index (χ1) is 7.63. The average molecular weight is 220 g/mol. The monoisotopic (exact) mass is 220 g/mol. The van der Waals surface area contributed by atoms with Crippen molar-refractivity contribution in [1.29, 1.82) is 0 Å². The molecule has 1 aromatic rings. The van der Waals surface area contributed by atoms with E-state index in [0.717, 1.165) is 24.5 Å². The number of hydrogen-bond donors (Lipinski definition) is 2. The van der Waals surface area contributed by atoms with Crippen LogP contribution in [0, 0.1) is 0 Å². The number of rotatable bonds is 2. The molecule has 1 aromatic carbocycles. The van der Waals surface area contributed by atoms with E-state index in [9.17, 15) is 4.79 Å². The minimum Gasteiger partial charge on any atom is -0.478 e. The number of nitrogens with zero attached hydrogens (tertiary/aromatic N) is 1. The van der Waals surface area contributed by atoms with Crippen LogP contribution in [0.5, 0.6) is 0 Å². The number of hydrogen-bond acceptors (Lipinski definition) is 3. The van der Waals surface area contributed by atoms with Gasteiger partial charge in [-0.25, -0.2) is 4.79 Å². The lowest BCUT2D eigenvalue weighted by Gasteiger charge is -2.35. The first kappa shape index (κ1) is 10.8. The zero-order chi connectivity index (χ0) is 11.7. The number of fused-ring (bicyclic) bond motifs is 1. The zero-order valence-electron chi connectivity index (χ0n) is 9.53. The molecule has 1 heterocycles. The number of carboxylic acids is 1. The average Bonchev–Trinajstić information content (AvgIpc) is 2.26. The number of likely N-dealkylation sites (N-methyl/N-ethyl adjacent to an activating group) is 1. The number of carbonyl (C=O) groups is 1. The van der Waals surface area contributed by atoms with Crippen molar-refractivity contribution in [3.63, 3.8) is 0 Å². The molecule has 2 N–H and O–H groups in total. The summed E-state index contributed by atoms with van der Waals surface area (Å²) < 4.78 is 0. The van der Waals surface area contributed by atoms with Crippen molar-refractivity contribution in [3.05, 3.63) is 23.8 Å². The lowest BCUT2D eigenvalue weighted by Crippen LogP contribution is -2.40. The van der Waals surface area contributed by atoms with Crippen LogP contribution in [-0.2, 0) is 0 Å². The molecular formula is C12H16N2O2. The van der Waals surface area contributed by atoms with Crippen LogP contribution in [0.3, 0.4) is 0 Å². The third kappa shape index (κ3) is 1.71. The Morgan fingerprint density at radius 1 is 1.62 bits per heavy atom. The van der Waals surface area contributed by atoms with Gasteiger partial charge in [0, 0.05) is 19.1 Å². The maximum Gasteiger partial charge on any atom is 0.337 e. The van der Waals surface area contributed by atoms with E-state index in [1.54, 1.807) is 12.1 Å². The summed E-state index contributed by atoms with van der Waals surface area (Å²) in [7, 11) is 0. The molecule has 1 unspecified atom stereocenters. The maximum absolute atomic E-state index is 11.1. The molecule has 4 nitrogen and oxygen atoms in total. The number of nitrogens with one attached hydrogen (secondary N) is 1. The van der Waals surface area contributed by atoms with Gasteiger partial charge in [-0.15, -0.1) is 0 Å². The number of carboxylic acid groups (broad SMARTS) is 1. The van der Waals surface area contributed by atoms with E-state index in [4.69, 9.17) is 5.11 Å². The molecule has 0 saturated carbocycles. The third-order valence-electron chi connectivity index (χ3n) is 2.88. The number of aromatic carboxylic acids is 1. The second-order valence-electron chi connectivity index (χ2n) is 4.09. The molecule has 0 saturated heterocycles. The fraction of sp³-hybridized carbons (Fsp3) is 0.417. The Labute approximate surface area is 94.9 Å². The molecule has 0 spiro atoms. The number of benzene rings is 1. The van der Waals surface area contributed by atoms with E-state index in [2.05, 4.69) is 24.1 Å². The third-order valence-corrected chi connectivity index (χ3v) is 2.88. The molecule has 1 aliphatic heterocycles. The van der Waals surface area contributed by atoms with Crippen LogP contribution in [0.15, 0.2) is 18.2 Å². The van der Waals surface area contributed by atoms with Gasteiger partial charge in [-0.05, 0) is 26.0 Å². The zero-order valence-corrected chi connectivity index (χ0v) is 9.53. The maximum atomic E-state index is 11.1. The fourth-order valence-corrected chi connectivity index (χ4v) is 2.15. The Morgan fingerprint density at radius 3 is 3.00 bits per heavy atom. The summed E-state index contributed by atoms with van der Waals surface area (Å²) in [6.07, 6.45) is 0. The lowest BCUT2D eigenvalue weighted by atomic mass is 10.1. The van der Waals surface area contributed by atoms with Crippen molar-refractivity contribution in [2.75, 3.05) is 23.3 Å². The van der Waals surface area contributed by atoms with Gasteiger partial charge in [-0.2, -0.15) is 0 Å². The van der Waals surface area contributed by atoms with Gasteiger partial charge in [0.1, 0.15) is 0 Å². The highest BCUT2D eigenvalue weighted by atomic mass is 16.4. The van der Waals surface area contributed by atoms with E-state index < -0.39 is 5.97 Å². The van der Waals surface area contributed by atoms with E-state index in [1.165, 1.54) is 0 Å². The molecule has 16 heavy (non-hydrogen) atoms. The van der Waals surface area contributed by atoms with Crippen LogP contribution in [0.25, 0.3) is 0 Å². The van der Waals surface area contributed by atoms with Crippen LogP contribution in [0.4, 0.5) is 11.4 Å². The minimum atomic E-state index is -0.880. The number of anilines is 2. The van der Waals surface area contributed by atoms with Crippen molar-refractivity contribution in [2.24, 2.45) is 0 Å². The number of para-hydroxylation sites is 1. The summed E-state index contributed by atoms with van der Waals surface area (Å²) in [6.45, 7) is 5.94. The molecule has 2 rings (SSSR count). The smallest absolute Gasteiger partial charge is 0.337 e. The fourth-order valence-electron chi connectivity index (χ4n) is 2.15. The van der Waals surface area contributed by atoms with Crippen molar-refractivity contribution in [1.82, 2.24) is 0 Å². The molecule has 0 bridgehead atoms. The quantitative estimate of drug-likeness (QED) is 0.800. The van der Waals surface area contributed by atoms with Crippen LogP contribution in [0.1, 0.15) is 24.2 Å². The minimum absolute atomic E-state index is 0.271. The SMILES string of the molecule is CCN1CC(C)Nc2c(C(=O)O)cccc21. The van der Waals surface area contributed by atoms with Crippen LogP contribution in [0.2, 0.25) is 0 Å². The highest BCUT2D eigenvalue weighted by molar-refractivity contribution is 5.98. The van der Waals surface area contributed by atoms with Crippen molar-refractivity contribution in [2.45, 2.75) is 19.9 Å². The summed E-state index contributed by atoms with van der Waals surface area (Å²) in [5.74, 6) is -0.880.